The topological polar surface area (TPSA) is 30.9 Å². The molecule has 96 valence electrons. The molecule has 1 heterocycles. The Morgan fingerprint density at radius 1 is 1.59 bits per heavy atom. The van der Waals surface area contributed by atoms with Gasteiger partial charge in [-0.3, -0.25) is 0 Å². The zero-order valence-electron chi connectivity index (χ0n) is 11.4. The molecule has 2 N–H and O–H groups in total. The number of hydrogen-bond acceptors (Lipinski definition) is 2. The molecule has 2 atom stereocenters. The van der Waals surface area contributed by atoms with E-state index in [0.717, 1.165) is 19.4 Å². The Hall–Kier alpha value is -0.410. The van der Waals surface area contributed by atoms with Crippen LogP contribution < -0.4 is 5.73 Å². The maximum Gasteiger partial charge on any atom is 0.0338 e. The van der Waals surface area contributed by atoms with Crippen LogP contribution in [0.2, 0.25) is 0 Å². The van der Waals surface area contributed by atoms with E-state index in [2.05, 4.69) is 43.9 Å². The second-order valence-electron chi connectivity index (χ2n) is 6.07. The summed E-state index contributed by atoms with van der Waals surface area (Å²) in [5, 5.41) is 0.660. The Bertz CT molecular complexity index is 395. The highest BCUT2D eigenvalue weighted by Gasteiger charge is 2.32. The SMILES string of the molecule is CSC(C)Cn1ccc2c1CC(C)(C)CC2N. The first-order valence-electron chi connectivity index (χ1n) is 6.39. The molecule has 0 saturated heterocycles. The number of rotatable bonds is 3. The highest BCUT2D eigenvalue weighted by molar-refractivity contribution is 7.99. The molecule has 0 aromatic carbocycles. The second-order valence-corrected chi connectivity index (χ2v) is 7.34. The van der Waals surface area contributed by atoms with Gasteiger partial charge in [0.05, 0.1) is 0 Å². The van der Waals surface area contributed by atoms with Gasteiger partial charge in [0.15, 0.2) is 0 Å². The number of fused-ring (bicyclic) bond motifs is 1. The molecule has 2 unspecified atom stereocenters. The number of nitrogens with two attached hydrogens (primary N) is 1. The molecule has 2 rings (SSSR count). The number of thioether (sulfide) groups is 1. The summed E-state index contributed by atoms with van der Waals surface area (Å²) in [5.41, 5.74) is 9.46. The molecule has 3 heteroatoms. The van der Waals surface area contributed by atoms with Gasteiger partial charge >= 0.3 is 0 Å². The van der Waals surface area contributed by atoms with Crippen molar-refractivity contribution in [2.75, 3.05) is 6.26 Å². The standard InChI is InChI=1S/C14H24N2S/c1-10(17-4)9-16-6-5-11-12(15)7-14(2,3)8-13(11)16/h5-6,10,12H,7-9,15H2,1-4H3. The van der Waals surface area contributed by atoms with E-state index in [4.69, 9.17) is 5.73 Å². The predicted octanol–water partition coefficient (Wildman–Crippen LogP) is 3.21. The third-order valence-electron chi connectivity index (χ3n) is 3.79. The van der Waals surface area contributed by atoms with Crippen LogP contribution in [0.15, 0.2) is 12.3 Å². The molecule has 0 aliphatic heterocycles. The van der Waals surface area contributed by atoms with Gasteiger partial charge in [0.1, 0.15) is 0 Å². The monoisotopic (exact) mass is 252 g/mol. The van der Waals surface area contributed by atoms with Gasteiger partial charge in [0.25, 0.3) is 0 Å². The fourth-order valence-electron chi connectivity index (χ4n) is 2.82. The first-order valence-corrected chi connectivity index (χ1v) is 7.68. The Labute approximate surface area is 109 Å². The molecular weight excluding hydrogens is 228 g/mol. The first kappa shape index (κ1) is 13.0. The number of hydrogen-bond donors (Lipinski definition) is 1. The maximum absolute atomic E-state index is 6.28. The van der Waals surface area contributed by atoms with E-state index in [9.17, 15) is 0 Å². The molecule has 0 fully saturated rings. The number of aromatic nitrogens is 1. The summed E-state index contributed by atoms with van der Waals surface area (Å²) < 4.78 is 2.41. The van der Waals surface area contributed by atoms with Gasteiger partial charge < -0.3 is 10.3 Å². The lowest BCUT2D eigenvalue weighted by Crippen LogP contribution is -2.30. The Balaban J connectivity index is 2.27. The van der Waals surface area contributed by atoms with Crippen molar-refractivity contribution < 1.29 is 0 Å². The lowest BCUT2D eigenvalue weighted by Gasteiger charge is -2.34. The van der Waals surface area contributed by atoms with Gasteiger partial charge in [-0.1, -0.05) is 20.8 Å². The van der Waals surface area contributed by atoms with Gasteiger partial charge in [-0.25, -0.2) is 0 Å². The van der Waals surface area contributed by atoms with Gasteiger partial charge in [0.2, 0.25) is 0 Å². The summed E-state index contributed by atoms with van der Waals surface area (Å²) in [6, 6.07) is 2.45. The van der Waals surface area contributed by atoms with Gasteiger partial charge in [-0.2, -0.15) is 11.8 Å². The van der Waals surface area contributed by atoms with E-state index in [1.807, 2.05) is 11.8 Å². The van der Waals surface area contributed by atoms with Crippen molar-refractivity contribution in [2.45, 2.75) is 51.4 Å². The van der Waals surface area contributed by atoms with Crippen LogP contribution in [0.25, 0.3) is 0 Å². The molecule has 0 saturated carbocycles. The molecule has 1 aliphatic carbocycles. The predicted molar refractivity (Wildman–Crippen MR) is 76.4 cm³/mol. The molecule has 0 radical (unpaired) electrons. The fraction of sp³-hybridized carbons (Fsp3) is 0.714. The zero-order valence-corrected chi connectivity index (χ0v) is 12.2. The van der Waals surface area contributed by atoms with E-state index in [0.29, 0.717) is 10.7 Å². The third-order valence-corrected chi connectivity index (χ3v) is 4.74. The summed E-state index contributed by atoms with van der Waals surface area (Å²) in [6.45, 7) is 8.03. The van der Waals surface area contributed by atoms with E-state index in [1.165, 1.54) is 11.3 Å². The summed E-state index contributed by atoms with van der Waals surface area (Å²) in [4.78, 5) is 0. The van der Waals surface area contributed by atoms with Crippen LogP contribution in [0.4, 0.5) is 0 Å². The van der Waals surface area contributed by atoms with E-state index >= 15 is 0 Å². The Kier molecular flexibility index (Phi) is 3.60. The molecule has 1 aromatic heterocycles. The van der Waals surface area contributed by atoms with Crippen molar-refractivity contribution >= 4 is 11.8 Å². The minimum atomic E-state index is 0.222. The Morgan fingerprint density at radius 2 is 2.29 bits per heavy atom. The molecule has 17 heavy (non-hydrogen) atoms. The van der Waals surface area contributed by atoms with Gasteiger partial charge in [0, 0.05) is 29.7 Å². The lowest BCUT2D eigenvalue weighted by molar-refractivity contribution is 0.275. The lowest BCUT2D eigenvalue weighted by atomic mass is 9.74. The van der Waals surface area contributed by atoms with Crippen molar-refractivity contribution in [3.63, 3.8) is 0 Å². The van der Waals surface area contributed by atoms with E-state index in [1.54, 1.807) is 0 Å². The summed E-state index contributed by atoms with van der Waals surface area (Å²) in [5.74, 6) is 0. The van der Waals surface area contributed by atoms with Crippen LogP contribution in [0.5, 0.6) is 0 Å². The highest BCUT2D eigenvalue weighted by Crippen LogP contribution is 2.40. The minimum Gasteiger partial charge on any atom is -0.350 e. The van der Waals surface area contributed by atoms with Gasteiger partial charge in [-0.15, -0.1) is 0 Å². The summed E-state index contributed by atoms with van der Waals surface area (Å²) in [7, 11) is 0. The first-order chi connectivity index (χ1) is 7.93. The highest BCUT2D eigenvalue weighted by atomic mass is 32.2. The molecule has 1 aromatic rings. The summed E-state index contributed by atoms with van der Waals surface area (Å²) >= 11 is 1.92. The minimum absolute atomic E-state index is 0.222. The quantitative estimate of drug-likeness (QED) is 0.895. The average Bonchev–Trinajstić information content (AvgIpc) is 2.60. The van der Waals surface area contributed by atoms with Crippen LogP contribution in [0.1, 0.15) is 44.5 Å². The zero-order chi connectivity index (χ0) is 12.6. The second kappa shape index (κ2) is 4.69. The van der Waals surface area contributed by atoms with Crippen molar-refractivity contribution in [2.24, 2.45) is 11.1 Å². The molecule has 2 nitrogen and oxygen atoms in total. The van der Waals surface area contributed by atoms with E-state index < -0.39 is 0 Å². The van der Waals surface area contributed by atoms with Crippen molar-refractivity contribution in [1.29, 1.82) is 0 Å². The van der Waals surface area contributed by atoms with Crippen LogP contribution in [0, 0.1) is 5.41 Å². The van der Waals surface area contributed by atoms with Crippen molar-refractivity contribution in [3.8, 4) is 0 Å². The number of nitrogens with zero attached hydrogens (tertiary/aromatic N) is 1. The van der Waals surface area contributed by atoms with Crippen LogP contribution >= 0.6 is 11.8 Å². The normalized spacial score (nSPS) is 24.4. The van der Waals surface area contributed by atoms with Crippen LogP contribution in [-0.4, -0.2) is 16.1 Å². The molecule has 0 amide bonds. The van der Waals surface area contributed by atoms with Crippen molar-refractivity contribution in [1.82, 2.24) is 4.57 Å². The molecule has 0 bridgehead atoms. The molecule has 1 aliphatic rings. The van der Waals surface area contributed by atoms with Crippen LogP contribution in [0.3, 0.4) is 0 Å². The van der Waals surface area contributed by atoms with Crippen LogP contribution in [-0.2, 0) is 13.0 Å². The molecular formula is C14H24N2S. The van der Waals surface area contributed by atoms with Gasteiger partial charge in [-0.05, 0) is 36.1 Å². The summed E-state index contributed by atoms with van der Waals surface area (Å²) in [6.07, 6.45) is 6.65. The maximum atomic E-state index is 6.28. The Morgan fingerprint density at radius 3 is 2.94 bits per heavy atom. The third kappa shape index (κ3) is 2.71. The van der Waals surface area contributed by atoms with Crippen molar-refractivity contribution in [3.05, 3.63) is 23.5 Å². The molecule has 0 spiro atoms. The smallest absolute Gasteiger partial charge is 0.0338 e. The van der Waals surface area contributed by atoms with E-state index in [-0.39, 0.29) is 6.04 Å². The average molecular weight is 252 g/mol. The fourth-order valence-corrected chi connectivity index (χ4v) is 3.13. The largest absolute Gasteiger partial charge is 0.350 e.